The molecule has 0 aromatic carbocycles. The van der Waals surface area contributed by atoms with E-state index < -0.39 is 18.2 Å². The molecule has 74 valence electrons. The van der Waals surface area contributed by atoms with Crippen molar-refractivity contribution in [3.8, 4) is 0 Å². The number of alkyl halides is 5. The van der Waals surface area contributed by atoms with Gasteiger partial charge >= 0.3 is 95.5 Å². The van der Waals surface area contributed by atoms with Crippen molar-refractivity contribution in [2.24, 2.45) is 0 Å². The monoisotopic (exact) mass is 314 g/mol. The molecule has 0 heterocycles. The van der Waals surface area contributed by atoms with Gasteiger partial charge in [-0.25, -0.2) is 0 Å². The Morgan fingerprint density at radius 1 is 0.917 bits per heavy atom. The van der Waals surface area contributed by atoms with Gasteiger partial charge in [-0.3, -0.25) is 0 Å². The van der Waals surface area contributed by atoms with Crippen LogP contribution >= 0.6 is 0 Å². The number of halogens is 7. The zero-order chi connectivity index (χ0) is 10.2. The minimum atomic E-state index is -6.11. The third-order valence-corrected chi connectivity index (χ3v) is 1.27. The van der Waals surface area contributed by atoms with Gasteiger partial charge in [0.25, 0.3) is 0 Å². The van der Waals surface area contributed by atoms with Gasteiger partial charge in [0.1, 0.15) is 0 Å². The number of allylic oxidation sites excluding steroid dienone is 1. The molecule has 0 saturated carbocycles. The van der Waals surface area contributed by atoms with Gasteiger partial charge in [0.2, 0.25) is 0 Å². The maximum atomic E-state index is 11.8. The first kappa shape index (κ1) is 12.8. The summed E-state index contributed by atoms with van der Waals surface area (Å²) in [5, 5.41) is 0. The van der Waals surface area contributed by atoms with E-state index in [1.807, 2.05) is 0 Å². The molecule has 0 N–H and O–H groups in total. The molecule has 0 atom stereocenters. The SMILES string of the molecule is F/C([XeH])=C(/F)C(F)(F)C(F)(F)F. The molecule has 0 unspecified atom stereocenters. The Labute approximate surface area is 94.5 Å². The third-order valence-electron chi connectivity index (χ3n) is 0.798. The second-order valence-corrected chi connectivity index (χ2v) is 2.59. The van der Waals surface area contributed by atoms with Crippen LogP contribution in [0.1, 0.15) is 0 Å². The molecule has 0 bridgehead atoms. The predicted octanol–water partition coefficient (Wildman–Crippen LogP) is 2.57. The Balaban J connectivity index is 5.01. The van der Waals surface area contributed by atoms with Gasteiger partial charge in [-0.2, -0.15) is 0 Å². The molecular formula is C4HF7Xe. The fourth-order valence-electron chi connectivity index (χ4n) is 0.243. The molecule has 0 aromatic rings. The van der Waals surface area contributed by atoms with Crippen LogP contribution in [0.25, 0.3) is 0 Å². The summed E-state index contributed by atoms with van der Waals surface area (Å²) < 4.78 is 78.5. The number of hydrogen-bond acceptors (Lipinski definition) is 0. The van der Waals surface area contributed by atoms with Crippen molar-refractivity contribution in [3.63, 3.8) is 0 Å². The van der Waals surface area contributed by atoms with E-state index in [0.717, 1.165) is 0 Å². The van der Waals surface area contributed by atoms with E-state index in [4.69, 9.17) is 0 Å². The van der Waals surface area contributed by atoms with Gasteiger partial charge in [0.05, 0.1) is 0 Å². The Morgan fingerprint density at radius 2 is 1.25 bits per heavy atom. The standard InChI is InChI=1S/C4HF7Xe/c5-1(2(6)12)3(7,8)4(9,10)11/h12H/b2-1-. The number of rotatable bonds is 1. The molecule has 0 amide bonds. The molecule has 0 aromatic heterocycles. The average molecular weight is 313 g/mol. The molecule has 12 heavy (non-hydrogen) atoms. The number of hydrogen-bond donors (Lipinski definition) is 0. The van der Waals surface area contributed by atoms with Crippen LogP contribution in [0.5, 0.6) is 0 Å². The van der Waals surface area contributed by atoms with E-state index >= 15 is 0 Å². The molecule has 0 spiro atoms. The van der Waals surface area contributed by atoms with E-state index in [2.05, 4.69) is 0 Å². The molecule has 0 aliphatic carbocycles. The van der Waals surface area contributed by atoms with Crippen LogP contribution in [0.2, 0.25) is 0 Å². The van der Waals surface area contributed by atoms with Gasteiger partial charge in [0.15, 0.2) is 0 Å². The Bertz CT molecular complexity index is 198. The molecule has 0 fully saturated rings. The first-order chi connectivity index (χ1) is 5.10. The van der Waals surface area contributed by atoms with Crippen molar-refractivity contribution < 1.29 is 77.3 Å². The maximum absolute atomic E-state index is 11.8. The van der Waals surface area contributed by atoms with Gasteiger partial charge in [0, 0.05) is 0 Å². The molecule has 0 nitrogen and oxygen atoms in total. The molecule has 0 saturated heterocycles. The Morgan fingerprint density at radius 3 is 1.33 bits per heavy atom. The van der Waals surface area contributed by atoms with E-state index in [-0.39, 0.29) is 0 Å². The summed E-state index contributed by atoms with van der Waals surface area (Å²) in [6, 6.07) is 0. The first-order valence-corrected chi connectivity index (χ1v) is 3.34. The summed E-state index contributed by atoms with van der Waals surface area (Å²) in [4.78, 5) is 0. The molecule has 0 aliphatic rings. The summed E-state index contributed by atoms with van der Waals surface area (Å²) in [5.41, 5.74) is 0. The van der Waals surface area contributed by atoms with Crippen molar-refractivity contribution in [3.05, 3.63) is 6.12 Å². The van der Waals surface area contributed by atoms with Crippen LogP contribution in [0.3, 0.4) is 0 Å². The molecule has 0 aliphatic heterocycles. The van der Waals surface area contributed by atoms with Crippen molar-refractivity contribution in [1.82, 2.24) is 0 Å². The van der Waals surface area contributed by atoms with Crippen molar-refractivity contribution in [1.29, 1.82) is 0 Å². The second kappa shape index (κ2) is 3.91. The van der Waals surface area contributed by atoms with Crippen LogP contribution in [0.15, 0.2) is 6.12 Å². The van der Waals surface area contributed by atoms with Crippen LogP contribution in [-0.4, -0.2) is 12.1 Å². The quantitative estimate of drug-likeness (QED) is 0.653. The van der Waals surface area contributed by atoms with Crippen molar-refractivity contribution in [2.45, 2.75) is 12.1 Å². The molecule has 0 radical (unpaired) electrons. The molecule has 0 rings (SSSR count). The fourth-order valence-corrected chi connectivity index (χ4v) is 0.582. The van der Waals surface area contributed by atoms with E-state index in [9.17, 15) is 30.7 Å². The van der Waals surface area contributed by atoms with Crippen LogP contribution in [-0.2, 0) is 0 Å². The van der Waals surface area contributed by atoms with Crippen molar-refractivity contribution in [2.75, 3.05) is 0 Å². The Hall–Kier alpha value is 0.821. The third kappa shape index (κ3) is 2.66. The van der Waals surface area contributed by atoms with Crippen LogP contribution in [0, 0.1) is 46.5 Å². The zero-order valence-corrected chi connectivity index (χ0v) is 7.18. The average Bonchev–Trinajstić information content (AvgIpc) is 1.83. The Kier molecular flexibility index (Phi) is 4.18. The van der Waals surface area contributed by atoms with Gasteiger partial charge in [-0.15, -0.1) is 0 Å². The van der Waals surface area contributed by atoms with Gasteiger partial charge in [-0.05, 0) is 0 Å². The molecular weight excluding hydrogens is 312 g/mol. The summed E-state index contributed by atoms with van der Waals surface area (Å²) in [6.07, 6.45) is -6.11. The van der Waals surface area contributed by atoms with E-state index in [1.54, 1.807) is 0 Å². The second-order valence-electron chi connectivity index (χ2n) is 1.65. The zero-order valence-electron chi connectivity index (χ0n) is 5.02. The van der Waals surface area contributed by atoms with Gasteiger partial charge in [-0.1, -0.05) is 0 Å². The van der Waals surface area contributed by atoms with E-state index in [0.29, 0.717) is 46.5 Å². The first-order valence-electron chi connectivity index (χ1n) is 2.26. The van der Waals surface area contributed by atoms with Gasteiger partial charge < -0.3 is 0 Å². The van der Waals surface area contributed by atoms with E-state index in [1.165, 1.54) is 0 Å². The van der Waals surface area contributed by atoms with Crippen molar-refractivity contribution >= 4 is 0 Å². The minimum absolute atomic E-state index is 0.392. The topological polar surface area (TPSA) is 0 Å². The summed E-state index contributed by atoms with van der Waals surface area (Å²) in [7, 11) is 0. The summed E-state index contributed by atoms with van der Waals surface area (Å²) in [6.45, 7) is 0. The van der Waals surface area contributed by atoms with Crippen LogP contribution in [0.4, 0.5) is 30.7 Å². The predicted molar refractivity (Wildman–Crippen MR) is 21.6 cm³/mol. The summed E-state index contributed by atoms with van der Waals surface area (Å²) in [5.74, 6) is -8.87. The summed E-state index contributed by atoms with van der Waals surface area (Å²) >= 11 is 0.392. The fraction of sp³-hybridized carbons (Fsp3) is 0.500. The molecule has 8 heteroatoms. The van der Waals surface area contributed by atoms with Crippen LogP contribution < -0.4 is 0 Å². The normalized spacial score (nSPS) is 16.1.